The molecule has 0 saturated heterocycles. The normalized spacial score (nSPS) is 13.4. The summed E-state index contributed by atoms with van der Waals surface area (Å²) in [6.45, 7) is 24.4. The molecule has 192 valence electrons. The Labute approximate surface area is 211 Å². The molecular weight excluding hydrogens is 436 g/mol. The lowest BCUT2D eigenvalue weighted by atomic mass is 9.78. The number of rotatable bonds is 3. The summed E-state index contributed by atoms with van der Waals surface area (Å²) >= 11 is 0. The molecule has 0 radical (unpaired) electrons. The minimum absolute atomic E-state index is 0.235. The van der Waals surface area contributed by atoms with Crippen LogP contribution in [-0.2, 0) is 21.7 Å². The third kappa shape index (κ3) is 6.65. The molecule has 0 unspecified atom stereocenters. The number of nitrogens with zero attached hydrogens (tertiary/aromatic N) is 1. The maximum atomic E-state index is 13.1. The van der Waals surface area contributed by atoms with Crippen LogP contribution in [-0.4, -0.2) is 22.3 Å². The zero-order valence-corrected chi connectivity index (χ0v) is 23.6. The molecule has 3 N–H and O–H groups in total. The van der Waals surface area contributed by atoms with E-state index in [0.717, 1.165) is 27.8 Å². The molecule has 0 atom stereocenters. The lowest BCUT2D eigenvalue weighted by Crippen LogP contribution is -2.22. The number of hydrogen-bond acceptors (Lipinski definition) is 4. The smallest absolute Gasteiger partial charge is 0.271 e. The summed E-state index contributed by atoms with van der Waals surface area (Å²) in [4.78, 5) is 13.1. The van der Waals surface area contributed by atoms with Gasteiger partial charge in [0.2, 0.25) is 0 Å². The van der Waals surface area contributed by atoms with Crippen molar-refractivity contribution in [2.45, 2.75) is 105 Å². The molecule has 2 rings (SSSR count). The SMILES string of the molecule is CC(C)(C)c1cc(/C=N/NC(=O)c2cc(C(C)(C)C)c(O)c(C(C)(C)C)c2)cc(C(C)(C)C)c1O. The van der Waals surface area contributed by atoms with Crippen molar-refractivity contribution in [3.8, 4) is 11.5 Å². The van der Waals surface area contributed by atoms with E-state index in [2.05, 4.69) is 52.1 Å². The Morgan fingerprint density at radius 2 is 0.971 bits per heavy atom. The summed E-state index contributed by atoms with van der Waals surface area (Å²) in [5.41, 5.74) is 5.84. The van der Waals surface area contributed by atoms with Crippen molar-refractivity contribution in [1.82, 2.24) is 5.43 Å². The molecule has 1 amide bonds. The Morgan fingerprint density at radius 1 is 0.657 bits per heavy atom. The van der Waals surface area contributed by atoms with Gasteiger partial charge in [-0.3, -0.25) is 4.79 Å². The molecule has 0 saturated carbocycles. The van der Waals surface area contributed by atoms with Crippen molar-refractivity contribution in [3.63, 3.8) is 0 Å². The van der Waals surface area contributed by atoms with Gasteiger partial charge in [-0.15, -0.1) is 0 Å². The summed E-state index contributed by atoms with van der Waals surface area (Å²) in [5, 5.41) is 26.1. The number of phenolic OH excluding ortho intramolecular Hbond substituents is 2. The molecule has 0 aliphatic heterocycles. The second-order valence-corrected chi connectivity index (χ2v) is 13.6. The van der Waals surface area contributed by atoms with Crippen molar-refractivity contribution in [2.75, 3.05) is 0 Å². The Hall–Kier alpha value is -2.82. The van der Waals surface area contributed by atoms with E-state index in [1.807, 2.05) is 53.7 Å². The lowest BCUT2D eigenvalue weighted by molar-refractivity contribution is 0.0955. The molecule has 5 nitrogen and oxygen atoms in total. The van der Waals surface area contributed by atoms with Crippen molar-refractivity contribution < 1.29 is 15.0 Å². The van der Waals surface area contributed by atoms with Gasteiger partial charge in [0.15, 0.2) is 0 Å². The minimum Gasteiger partial charge on any atom is -0.507 e. The quantitative estimate of drug-likeness (QED) is 0.325. The standard InChI is InChI=1S/C30H44N2O3/c1-27(2,3)20-13-18(14-21(24(20)33)28(4,5)6)17-31-32-26(35)19-15-22(29(7,8)9)25(34)23(16-19)30(10,11)12/h13-17,33-34H,1-12H3,(H,32,35)/b31-17+. The molecule has 5 heteroatoms. The number of hydrazone groups is 1. The molecular formula is C30H44N2O3. The van der Waals surface area contributed by atoms with Gasteiger partial charge >= 0.3 is 0 Å². The number of carbonyl (C=O) groups excluding carboxylic acids is 1. The van der Waals surface area contributed by atoms with Crippen LogP contribution >= 0.6 is 0 Å². The monoisotopic (exact) mass is 480 g/mol. The average Bonchev–Trinajstić information content (AvgIpc) is 2.65. The first kappa shape index (κ1) is 28.4. The highest BCUT2D eigenvalue weighted by Crippen LogP contribution is 2.41. The van der Waals surface area contributed by atoms with Crippen molar-refractivity contribution in [1.29, 1.82) is 0 Å². The van der Waals surface area contributed by atoms with Crippen molar-refractivity contribution in [3.05, 3.63) is 57.6 Å². The van der Waals surface area contributed by atoms with Gasteiger partial charge < -0.3 is 10.2 Å². The molecule has 0 aliphatic rings. The van der Waals surface area contributed by atoms with Gasteiger partial charge in [-0.05, 0) is 51.5 Å². The maximum Gasteiger partial charge on any atom is 0.271 e. The highest BCUT2D eigenvalue weighted by atomic mass is 16.3. The molecule has 0 spiro atoms. The number of carbonyl (C=O) groups is 1. The largest absolute Gasteiger partial charge is 0.507 e. The van der Waals surface area contributed by atoms with Gasteiger partial charge in [0, 0.05) is 27.8 Å². The van der Waals surface area contributed by atoms with Gasteiger partial charge in [-0.1, -0.05) is 83.1 Å². The molecule has 35 heavy (non-hydrogen) atoms. The summed E-state index contributed by atoms with van der Waals surface area (Å²) in [5.74, 6) is 0.196. The zero-order valence-electron chi connectivity index (χ0n) is 23.6. The highest BCUT2D eigenvalue weighted by molar-refractivity contribution is 5.95. The van der Waals surface area contributed by atoms with E-state index in [0.29, 0.717) is 11.3 Å². The van der Waals surface area contributed by atoms with Crippen LogP contribution in [0.1, 0.15) is 121 Å². The average molecular weight is 481 g/mol. The van der Waals surface area contributed by atoms with E-state index in [-0.39, 0.29) is 33.3 Å². The van der Waals surface area contributed by atoms with Crippen molar-refractivity contribution in [2.24, 2.45) is 5.10 Å². The fourth-order valence-corrected chi connectivity index (χ4v) is 4.01. The first-order valence-corrected chi connectivity index (χ1v) is 12.2. The molecule has 2 aromatic rings. The Morgan fingerprint density at radius 3 is 1.29 bits per heavy atom. The minimum atomic E-state index is -0.344. The second-order valence-electron chi connectivity index (χ2n) is 13.6. The Balaban J connectivity index is 2.47. The van der Waals surface area contributed by atoms with E-state index in [1.165, 1.54) is 0 Å². The fourth-order valence-electron chi connectivity index (χ4n) is 4.01. The van der Waals surface area contributed by atoms with Gasteiger partial charge in [-0.25, -0.2) is 5.43 Å². The van der Waals surface area contributed by atoms with E-state index in [9.17, 15) is 15.0 Å². The summed E-state index contributed by atoms with van der Waals surface area (Å²) in [7, 11) is 0. The predicted octanol–water partition coefficient (Wildman–Crippen LogP) is 7.05. The molecule has 2 aromatic carbocycles. The van der Waals surface area contributed by atoms with Gasteiger partial charge in [0.05, 0.1) is 6.21 Å². The van der Waals surface area contributed by atoms with E-state index in [4.69, 9.17) is 0 Å². The van der Waals surface area contributed by atoms with Crippen LogP contribution in [0.3, 0.4) is 0 Å². The topological polar surface area (TPSA) is 81.9 Å². The van der Waals surface area contributed by atoms with Gasteiger partial charge in [-0.2, -0.15) is 5.10 Å². The number of amides is 1. The first-order chi connectivity index (χ1) is 15.6. The molecule has 0 aromatic heterocycles. The first-order valence-electron chi connectivity index (χ1n) is 12.2. The number of hydrogen-bond donors (Lipinski definition) is 3. The molecule has 0 heterocycles. The van der Waals surface area contributed by atoms with Crippen LogP contribution in [0.25, 0.3) is 0 Å². The van der Waals surface area contributed by atoms with E-state index in [1.54, 1.807) is 18.3 Å². The summed E-state index contributed by atoms with van der Waals surface area (Å²) in [6.07, 6.45) is 1.61. The highest BCUT2D eigenvalue weighted by Gasteiger charge is 2.28. The summed E-state index contributed by atoms with van der Waals surface area (Å²) in [6, 6.07) is 7.31. The molecule has 0 bridgehead atoms. The van der Waals surface area contributed by atoms with E-state index >= 15 is 0 Å². The predicted molar refractivity (Wildman–Crippen MR) is 146 cm³/mol. The Bertz CT molecular complexity index is 1060. The maximum absolute atomic E-state index is 13.1. The lowest BCUT2D eigenvalue weighted by Gasteiger charge is -2.28. The molecule has 0 aliphatic carbocycles. The summed E-state index contributed by atoms with van der Waals surface area (Å²) < 4.78 is 0. The third-order valence-electron chi connectivity index (χ3n) is 6.12. The number of nitrogens with one attached hydrogen (secondary N) is 1. The molecule has 0 fully saturated rings. The number of aromatic hydroxyl groups is 2. The zero-order chi connectivity index (χ0) is 27.1. The number of benzene rings is 2. The van der Waals surface area contributed by atoms with Crippen LogP contribution in [0.2, 0.25) is 0 Å². The number of phenols is 2. The van der Waals surface area contributed by atoms with Crippen LogP contribution in [0, 0.1) is 0 Å². The van der Waals surface area contributed by atoms with Crippen LogP contribution in [0.4, 0.5) is 0 Å². The Kier molecular flexibility index (Phi) is 7.57. The van der Waals surface area contributed by atoms with E-state index < -0.39 is 0 Å². The van der Waals surface area contributed by atoms with Crippen LogP contribution in [0.5, 0.6) is 11.5 Å². The third-order valence-corrected chi connectivity index (χ3v) is 6.12. The van der Waals surface area contributed by atoms with Crippen molar-refractivity contribution >= 4 is 12.1 Å². The van der Waals surface area contributed by atoms with Gasteiger partial charge in [0.1, 0.15) is 11.5 Å². The van der Waals surface area contributed by atoms with Crippen LogP contribution in [0.15, 0.2) is 29.4 Å². The van der Waals surface area contributed by atoms with Crippen LogP contribution < -0.4 is 5.43 Å². The van der Waals surface area contributed by atoms with Gasteiger partial charge in [0.25, 0.3) is 5.91 Å². The fraction of sp³-hybridized carbons (Fsp3) is 0.533. The second kappa shape index (κ2) is 9.33.